The van der Waals surface area contributed by atoms with Crippen molar-refractivity contribution in [2.45, 2.75) is 13.1 Å². The minimum absolute atomic E-state index is 0.717. The fourth-order valence-electron chi connectivity index (χ4n) is 1.59. The summed E-state index contributed by atoms with van der Waals surface area (Å²) in [4.78, 5) is 2.27. The van der Waals surface area contributed by atoms with Gasteiger partial charge >= 0.3 is 0 Å². The van der Waals surface area contributed by atoms with Gasteiger partial charge in [0, 0.05) is 19.3 Å². The predicted molar refractivity (Wildman–Crippen MR) is 75.0 cm³/mol. The van der Waals surface area contributed by atoms with Crippen LogP contribution in [0.4, 0.5) is 5.69 Å². The molecule has 0 spiro atoms. The standard InChI is InChI=1S/C11H15BrN4S/c1-15(6-9-4-11(12)17-8-9)2-3-16-7-10(13)5-14-16/h4-5,7-8H,2-3,6,13H2,1H3. The molecule has 0 radical (unpaired) electrons. The number of nitrogen functional groups attached to an aromatic ring is 1. The lowest BCUT2D eigenvalue weighted by Crippen LogP contribution is -2.22. The molecule has 0 saturated heterocycles. The zero-order valence-electron chi connectivity index (χ0n) is 9.64. The highest BCUT2D eigenvalue weighted by Crippen LogP contribution is 2.21. The molecule has 2 N–H and O–H groups in total. The smallest absolute Gasteiger partial charge is 0.0719 e. The van der Waals surface area contributed by atoms with Gasteiger partial charge in [0.15, 0.2) is 0 Å². The zero-order chi connectivity index (χ0) is 12.3. The van der Waals surface area contributed by atoms with Gasteiger partial charge in [0.2, 0.25) is 0 Å². The topological polar surface area (TPSA) is 47.1 Å². The van der Waals surface area contributed by atoms with Crippen molar-refractivity contribution in [3.05, 3.63) is 33.2 Å². The van der Waals surface area contributed by atoms with E-state index >= 15 is 0 Å². The van der Waals surface area contributed by atoms with Gasteiger partial charge in [-0.15, -0.1) is 11.3 Å². The quantitative estimate of drug-likeness (QED) is 0.922. The molecular weight excluding hydrogens is 300 g/mol. The van der Waals surface area contributed by atoms with Crippen LogP contribution in [-0.2, 0) is 13.1 Å². The van der Waals surface area contributed by atoms with Gasteiger partial charge in [0.05, 0.1) is 22.2 Å². The number of nitrogens with zero attached hydrogens (tertiary/aromatic N) is 3. The molecule has 0 amide bonds. The molecule has 4 nitrogen and oxygen atoms in total. The second-order valence-electron chi connectivity index (χ2n) is 4.03. The summed E-state index contributed by atoms with van der Waals surface area (Å²) in [5.74, 6) is 0. The van der Waals surface area contributed by atoms with E-state index in [9.17, 15) is 0 Å². The van der Waals surface area contributed by atoms with Crippen LogP contribution >= 0.6 is 27.3 Å². The van der Waals surface area contributed by atoms with Gasteiger partial charge in [0.25, 0.3) is 0 Å². The summed E-state index contributed by atoms with van der Waals surface area (Å²) >= 11 is 5.19. The highest BCUT2D eigenvalue weighted by Gasteiger charge is 2.03. The zero-order valence-corrected chi connectivity index (χ0v) is 12.0. The highest BCUT2D eigenvalue weighted by atomic mass is 79.9. The molecule has 6 heteroatoms. The van der Waals surface area contributed by atoms with Crippen LogP contribution in [0.15, 0.2) is 27.6 Å². The fraction of sp³-hybridized carbons (Fsp3) is 0.364. The van der Waals surface area contributed by atoms with Crippen LogP contribution in [0.5, 0.6) is 0 Å². The Kier molecular flexibility index (Phi) is 4.20. The molecule has 2 aromatic heterocycles. The Bertz CT molecular complexity index is 479. The molecular formula is C11H15BrN4S. The number of halogens is 1. The highest BCUT2D eigenvalue weighted by molar-refractivity contribution is 9.11. The van der Waals surface area contributed by atoms with E-state index in [4.69, 9.17) is 5.73 Å². The van der Waals surface area contributed by atoms with E-state index in [1.807, 2.05) is 10.9 Å². The Labute approximate surface area is 113 Å². The maximum absolute atomic E-state index is 5.61. The SMILES string of the molecule is CN(CCn1cc(N)cn1)Cc1csc(Br)c1. The molecule has 17 heavy (non-hydrogen) atoms. The molecule has 0 aromatic carbocycles. The average molecular weight is 315 g/mol. The molecule has 0 saturated carbocycles. The second-order valence-corrected chi connectivity index (χ2v) is 6.32. The summed E-state index contributed by atoms with van der Waals surface area (Å²) in [6.45, 7) is 2.77. The molecule has 2 rings (SSSR count). The van der Waals surface area contributed by atoms with E-state index in [-0.39, 0.29) is 0 Å². The third-order valence-electron chi connectivity index (χ3n) is 2.44. The lowest BCUT2D eigenvalue weighted by molar-refractivity contribution is 0.305. The monoisotopic (exact) mass is 314 g/mol. The van der Waals surface area contributed by atoms with Gasteiger partial charge in [-0.25, -0.2) is 0 Å². The largest absolute Gasteiger partial charge is 0.396 e. The second kappa shape index (κ2) is 5.66. The van der Waals surface area contributed by atoms with Crippen LogP contribution in [0.25, 0.3) is 0 Å². The van der Waals surface area contributed by atoms with Gasteiger partial charge in [0.1, 0.15) is 0 Å². The van der Waals surface area contributed by atoms with Gasteiger partial charge in [-0.2, -0.15) is 5.10 Å². The first-order chi connectivity index (χ1) is 8.13. The van der Waals surface area contributed by atoms with Crippen LogP contribution in [0.1, 0.15) is 5.56 Å². The molecule has 0 aliphatic carbocycles. The molecule has 2 aromatic rings. The summed E-state index contributed by atoms with van der Waals surface area (Å²) in [6, 6.07) is 2.16. The number of anilines is 1. The van der Waals surface area contributed by atoms with E-state index in [2.05, 4.69) is 44.4 Å². The number of rotatable bonds is 5. The van der Waals surface area contributed by atoms with E-state index in [1.165, 1.54) is 9.35 Å². The van der Waals surface area contributed by atoms with Crippen molar-refractivity contribution in [3.8, 4) is 0 Å². The summed E-state index contributed by atoms with van der Waals surface area (Å²) in [5, 5.41) is 6.33. The van der Waals surface area contributed by atoms with Crippen LogP contribution in [0, 0.1) is 0 Å². The van der Waals surface area contributed by atoms with Crippen molar-refractivity contribution in [2.75, 3.05) is 19.3 Å². The summed E-state index contributed by atoms with van der Waals surface area (Å²) < 4.78 is 3.05. The lowest BCUT2D eigenvalue weighted by atomic mass is 10.3. The summed E-state index contributed by atoms with van der Waals surface area (Å²) in [5.41, 5.74) is 7.66. The van der Waals surface area contributed by atoms with E-state index in [0.29, 0.717) is 0 Å². The van der Waals surface area contributed by atoms with E-state index in [0.717, 1.165) is 25.3 Å². The van der Waals surface area contributed by atoms with Crippen LogP contribution in [0.3, 0.4) is 0 Å². The first kappa shape index (κ1) is 12.6. The van der Waals surface area contributed by atoms with E-state index < -0.39 is 0 Å². The van der Waals surface area contributed by atoms with Crippen molar-refractivity contribution in [3.63, 3.8) is 0 Å². The summed E-state index contributed by atoms with van der Waals surface area (Å²) in [6.07, 6.45) is 3.53. The molecule has 0 bridgehead atoms. The number of hydrogen-bond donors (Lipinski definition) is 1. The number of thiophene rings is 1. The molecule has 92 valence electrons. The van der Waals surface area contributed by atoms with Crippen LogP contribution < -0.4 is 5.73 Å². The van der Waals surface area contributed by atoms with E-state index in [1.54, 1.807) is 17.5 Å². The Morgan fingerprint density at radius 2 is 2.41 bits per heavy atom. The number of nitrogens with two attached hydrogens (primary N) is 1. The molecule has 0 atom stereocenters. The number of hydrogen-bond acceptors (Lipinski definition) is 4. The van der Waals surface area contributed by atoms with Gasteiger partial charge in [-0.1, -0.05) is 0 Å². The molecule has 0 aliphatic heterocycles. The Morgan fingerprint density at radius 3 is 3.00 bits per heavy atom. The Morgan fingerprint density at radius 1 is 1.59 bits per heavy atom. The summed E-state index contributed by atoms with van der Waals surface area (Å²) in [7, 11) is 2.11. The van der Waals surface area contributed by atoms with Gasteiger partial charge in [-0.05, 0) is 40.0 Å². The van der Waals surface area contributed by atoms with Crippen molar-refractivity contribution in [1.82, 2.24) is 14.7 Å². The maximum atomic E-state index is 5.61. The van der Waals surface area contributed by atoms with Gasteiger partial charge < -0.3 is 10.6 Å². The number of aromatic nitrogens is 2. The minimum Gasteiger partial charge on any atom is -0.396 e. The Balaban J connectivity index is 1.79. The van der Waals surface area contributed by atoms with Crippen LogP contribution in [0.2, 0.25) is 0 Å². The predicted octanol–water partition coefficient (Wildman–Crippen LogP) is 2.42. The first-order valence-corrected chi connectivity index (χ1v) is 7.00. The van der Waals surface area contributed by atoms with Crippen molar-refractivity contribution < 1.29 is 0 Å². The third-order valence-corrected chi connectivity index (χ3v) is 3.99. The number of likely N-dealkylation sites (N-methyl/N-ethyl adjacent to an activating group) is 1. The first-order valence-electron chi connectivity index (χ1n) is 5.33. The molecule has 0 fully saturated rings. The minimum atomic E-state index is 0.717. The van der Waals surface area contributed by atoms with Crippen molar-refractivity contribution >= 4 is 33.0 Å². The van der Waals surface area contributed by atoms with Crippen molar-refractivity contribution in [1.29, 1.82) is 0 Å². The normalized spacial score (nSPS) is 11.2. The Hall–Kier alpha value is -0.850. The molecule has 0 aliphatic rings. The molecule has 2 heterocycles. The fourth-order valence-corrected chi connectivity index (χ4v) is 2.79. The van der Waals surface area contributed by atoms with Crippen LogP contribution in [-0.4, -0.2) is 28.3 Å². The third kappa shape index (κ3) is 3.83. The average Bonchev–Trinajstić information content (AvgIpc) is 2.85. The molecule has 0 unspecified atom stereocenters. The maximum Gasteiger partial charge on any atom is 0.0719 e. The van der Waals surface area contributed by atoms with Crippen molar-refractivity contribution in [2.24, 2.45) is 0 Å². The van der Waals surface area contributed by atoms with Gasteiger partial charge in [-0.3, -0.25) is 4.68 Å². The lowest BCUT2D eigenvalue weighted by Gasteiger charge is -2.15.